The van der Waals surface area contributed by atoms with Crippen LogP contribution in [0.25, 0.3) is 0 Å². The lowest BCUT2D eigenvalue weighted by Gasteiger charge is -2.32. The Hall–Kier alpha value is -1.46. The van der Waals surface area contributed by atoms with Crippen LogP contribution >= 0.6 is 11.6 Å². The van der Waals surface area contributed by atoms with E-state index in [1.165, 1.54) is 38.9 Å². The Morgan fingerprint density at radius 2 is 2.17 bits per heavy atom. The highest BCUT2D eigenvalue weighted by molar-refractivity contribution is 6.30. The zero-order valence-electron chi connectivity index (χ0n) is 14.7. The first-order valence-electron chi connectivity index (χ1n) is 8.79. The molecule has 0 atom stereocenters. The number of nitrogens with zero attached hydrogens (tertiary/aromatic N) is 2. The highest BCUT2D eigenvalue weighted by Crippen LogP contribution is 2.16. The fraction of sp³-hybridized carbons (Fsp3) is 0.611. The maximum Gasteiger partial charge on any atom is 0.191 e. The normalized spacial score (nSPS) is 16.9. The molecule has 0 unspecified atom stereocenters. The summed E-state index contributed by atoms with van der Waals surface area (Å²) in [6.07, 6.45) is 3.56. The fourth-order valence-electron chi connectivity index (χ4n) is 2.90. The largest absolute Gasteiger partial charge is 0.492 e. The predicted molar refractivity (Wildman–Crippen MR) is 101 cm³/mol. The van der Waals surface area contributed by atoms with Crippen LogP contribution in [0.1, 0.15) is 26.2 Å². The molecule has 0 bridgehead atoms. The number of ether oxygens (including phenoxy) is 1. The van der Waals surface area contributed by atoms with Gasteiger partial charge in [0.2, 0.25) is 0 Å². The lowest BCUT2D eigenvalue weighted by Crippen LogP contribution is -2.49. The van der Waals surface area contributed by atoms with Crippen LogP contribution in [0.15, 0.2) is 29.3 Å². The van der Waals surface area contributed by atoms with E-state index in [1.807, 2.05) is 24.3 Å². The average Bonchev–Trinajstić information content (AvgIpc) is 2.59. The maximum absolute atomic E-state index is 5.94. The minimum Gasteiger partial charge on any atom is -0.492 e. The fourth-order valence-corrected chi connectivity index (χ4v) is 3.08. The third kappa shape index (κ3) is 6.57. The third-order valence-electron chi connectivity index (χ3n) is 4.15. The van der Waals surface area contributed by atoms with E-state index in [2.05, 4.69) is 27.4 Å². The van der Waals surface area contributed by atoms with Crippen LogP contribution in [-0.4, -0.2) is 56.7 Å². The molecule has 24 heavy (non-hydrogen) atoms. The van der Waals surface area contributed by atoms with Crippen molar-refractivity contribution in [2.45, 2.75) is 32.2 Å². The van der Waals surface area contributed by atoms with Gasteiger partial charge in [0.1, 0.15) is 12.4 Å². The van der Waals surface area contributed by atoms with Crippen molar-refractivity contribution in [2.75, 3.05) is 39.8 Å². The molecule has 0 saturated carbocycles. The molecule has 2 N–H and O–H groups in total. The maximum atomic E-state index is 5.94. The molecular formula is C18H29ClN4O. The van der Waals surface area contributed by atoms with Gasteiger partial charge in [-0.3, -0.25) is 4.99 Å². The van der Waals surface area contributed by atoms with Gasteiger partial charge in [-0.15, -0.1) is 0 Å². The van der Waals surface area contributed by atoms with Crippen LogP contribution in [0.4, 0.5) is 0 Å². The van der Waals surface area contributed by atoms with Gasteiger partial charge in [-0.1, -0.05) is 24.6 Å². The number of halogens is 1. The number of piperidine rings is 1. The van der Waals surface area contributed by atoms with Crippen LogP contribution in [0.5, 0.6) is 5.75 Å². The summed E-state index contributed by atoms with van der Waals surface area (Å²) in [6, 6.07) is 7.95. The summed E-state index contributed by atoms with van der Waals surface area (Å²) in [5.74, 6) is 1.63. The average molecular weight is 353 g/mol. The molecule has 1 aromatic rings. The quantitative estimate of drug-likeness (QED) is 0.450. The number of likely N-dealkylation sites (tertiary alicyclic amines) is 1. The molecule has 1 aromatic carbocycles. The first-order valence-corrected chi connectivity index (χ1v) is 9.17. The lowest BCUT2D eigenvalue weighted by molar-refractivity contribution is 0.206. The Balaban J connectivity index is 1.64. The Morgan fingerprint density at radius 1 is 1.38 bits per heavy atom. The summed E-state index contributed by atoms with van der Waals surface area (Å²) in [5.41, 5.74) is 0. The number of hydrogen-bond acceptors (Lipinski definition) is 3. The molecule has 1 fully saturated rings. The number of nitrogens with one attached hydrogen (secondary N) is 2. The van der Waals surface area contributed by atoms with Crippen molar-refractivity contribution in [1.82, 2.24) is 15.5 Å². The summed E-state index contributed by atoms with van der Waals surface area (Å²) < 4.78 is 5.68. The van der Waals surface area contributed by atoms with E-state index in [4.69, 9.17) is 16.3 Å². The zero-order valence-corrected chi connectivity index (χ0v) is 15.5. The van der Waals surface area contributed by atoms with E-state index >= 15 is 0 Å². The topological polar surface area (TPSA) is 48.9 Å². The molecule has 5 nitrogen and oxygen atoms in total. The van der Waals surface area contributed by atoms with Crippen LogP contribution in [-0.2, 0) is 0 Å². The summed E-state index contributed by atoms with van der Waals surface area (Å²) in [4.78, 5) is 6.84. The highest BCUT2D eigenvalue weighted by atomic mass is 35.5. The molecule has 1 heterocycles. The Bertz CT molecular complexity index is 515. The smallest absolute Gasteiger partial charge is 0.191 e. The Morgan fingerprint density at radius 3 is 2.83 bits per heavy atom. The minimum absolute atomic E-state index is 0.498. The van der Waals surface area contributed by atoms with Gasteiger partial charge in [0.05, 0.1) is 6.54 Å². The number of guanidine groups is 1. The minimum atomic E-state index is 0.498. The standard InChI is InChI=1S/C18H29ClN4O/c1-3-10-23-11-7-16(8-12-23)22-18(20-2)21-9-13-24-17-6-4-5-15(19)14-17/h4-6,14,16H,3,7-13H2,1-2H3,(H2,20,21,22). The SMILES string of the molecule is CCCN1CCC(NC(=NC)NCCOc2cccc(Cl)c2)CC1. The summed E-state index contributed by atoms with van der Waals surface area (Å²) in [6.45, 7) is 7.04. The van der Waals surface area contributed by atoms with E-state index in [0.29, 0.717) is 24.2 Å². The molecule has 1 aliphatic heterocycles. The molecule has 0 amide bonds. The van der Waals surface area contributed by atoms with E-state index in [0.717, 1.165) is 11.7 Å². The second-order valence-corrected chi connectivity index (χ2v) is 6.50. The predicted octanol–water partition coefficient (Wildman–Crippen LogP) is 2.76. The summed E-state index contributed by atoms with van der Waals surface area (Å²) in [7, 11) is 1.80. The molecule has 6 heteroatoms. The summed E-state index contributed by atoms with van der Waals surface area (Å²) in [5, 5.41) is 7.50. The third-order valence-corrected chi connectivity index (χ3v) is 4.39. The molecular weight excluding hydrogens is 324 g/mol. The number of rotatable bonds is 7. The van der Waals surface area contributed by atoms with Crippen LogP contribution < -0.4 is 15.4 Å². The molecule has 0 aromatic heterocycles. The Kier molecular flexibility index (Phi) is 8.19. The van der Waals surface area contributed by atoms with E-state index in [-0.39, 0.29) is 0 Å². The van der Waals surface area contributed by atoms with E-state index < -0.39 is 0 Å². The number of benzene rings is 1. The van der Waals surface area contributed by atoms with Gasteiger partial charge in [0.15, 0.2) is 5.96 Å². The molecule has 0 aliphatic carbocycles. The Labute approximate surface area is 150 Å². The zero-order chi connectivity index (χ0) is 17.2. The van der Waals surface area contributed by atoms with Crippen LogP contribution in [0.2, 0.25) is 5.02 Å². The van der Waals surface area contributed by atoms with Gasteiger partial charge in [-0.25, -0.2) is 0 Å². The van der Waals surface area contributed by atoms with Gasteiger partial charge >= 0.3 is 0 Å². The molecule has 134 valence electrons. The monoisotopic (exact) mass is 352 g/mol. The molecule has 0 spiro atoms. The van der Waals surface area contributed by atoms with Crippen LogP contribution in [0, 0.1) is 0 Å². The lowest BCUT2D eigenvalue weighted by atomic mass is 10.1. The van der Waals surface area contributed by atoms with Crippen molar-refractivity contribution in [1.29, 1.82) is 0 Å². The van der Waals surface area contributed by atoms with Crippen molar-refractivity contribution < 1.29 is 4.74 Å². The van der Waals surface area contributed by atoms with Crippen molar-refractivity contribution in [2.24, 2.45) is 4.99 Å². The van der Waals surface area contributed by atoms with Gasteiger partial charge in [0.25, 0.3) is 0 Å². The van der Waals surface area contributed by atoms with Gasteiger partial charge < -0.3 is 20.3 Å². The van der Waals surface area contributed by atoms with Crippen molar-refractivity contribution >= 4 is 17.6 Å². The van der Waals surface area contributed by atoms with Crippen molar-refractivity contribution in [3.8, 4) is 5.75 Å². The molecule has 2 rings (SSSR count). The van der Waals surface area contributed by atoms with Gasteiger partial charge in [-0.2, -0.15) is 0 Å². The number of aliphatic imine (C=N–C) groups is 1. The van der Waals surface area contributed by atoms with Crippen LogP contribution in [0.3, 0.4) is 0 Å². The summed E-state index contributed by atoms with van der Waals surface area (Å²) >= 11 is 5.94. The second-order valence-electron chi connectivity index (χ2n) is 6.07. The molecule has 1 aliphatic rings. The van der Waals surface area contributed by atoms with Gasteiger partial charge in [-0.05, 0) is 44.0 Å². The first kappa shape index (κ1) is 18.9. The molecule has 1 saturated heterocycles. The van der Waals surface area contributed by atoms with E-state index in [1.54, 1.807) is 7.05 Å². The highest BCUT2D eigenvalue weighted by Gasteiger charge is 2.19. The second kappa shape index (κ2) is 10.4. The number of hydrogen-bond donors (Lipinski definition) is 2. The van der Waals surface area contributed by atoms with Crippen molar-refractivity contribution in [3.05, 3.63) is 29.3 Å². The first-order chi connectivity index (χ1) is 11.7. The molecule has 0 radical (unpaired) electrons. The van der Waals surface area contributed by atoms with Gasteiger partial charge in [0, 0.05) is 31.2 Å². The van der Waals surface area contributed by atoms with Crippen molar-refractivity contribution in [3.63, 3.8) is 0 Å². The van der Waals surface area contributed by atoms with E-state index in [9.17, 15) is 0 Å².